The minimum atomic E-state index is -1.06. The summed E-state index contributed by atoms with van der Waals surface area (Å²) >= 11 is 6.61. The number of likely N-dealkylation sites (N-methyl/N-ethyl adjacent to an activating group) is 1. The zero-order valence-electron chi connectivity index (χ0n) is 29.3. The van der Waals surface area contributed by atoms with E-state index in [0.29, 0.717) is 51.9 Å². The molecule has 3 heterocycles. The number of imide groups is 1. The van der Waals surface area contributed by atoms with Gasteiger partial charge >= 0.3 is 0 Å². The summed E-state index contributed by atoms with van der Waals surface area (Å²) in [6.07, 6.45) is 4.36. The molecule has 0 unspecified atom stereocenters. The molecular formula is C36H43ClN8O5. The van der Waals surface area contributed by atoms with Crippen LogP contribution in [0.2, 0.25) is 5.02 Å². The largest absolute Gasteiger partial charge is 0.494 e. The third-order valence-electron chi connectivity index (χ3n) is 8.51. The van der Waals surface area contributed by atoms with Gasteiger partial charge in [-0.05, 0) is 82.1 Å². The van der Waals surface area contributed by atoms with E-state index in [-0.39, 0.29) is 17.3 Å². The number of aryl methyl sites for hydroxylation is 1. The summed E-state index contributed by atoms with van der Waals surface area (Å²) in [5, 5.41) is 13.1. The number of benzene rings is 2. The number of carbonyl (C=O) groups is 3. The molecule has 1 fully saturated rings. The molecule has 2 aromatic heterocycles. The predicted molar refractivity (Wildman–Crippen MR) is 193 cm³/mol. The van der Waals surface area contributed by atoms with Crippen LogP contribution in [0.3, 0.4) is 0 Å². The van der Waals surface area contributed by atoms with Crippen molar-refractivity contribution in [3.63, 3.8) is 0 Å². The topological polar surface area (TPSA) is 160 Å². The van der Waals surface area contributed by atoms with Crippen molar-refractivity contribution in [3.05, 3.63) is 65.7 Å². The molecular weight excluding hydrogens is 660 g/mol. The molecule has 3 amide bonds. The first-order valence-electron chi connectivity index (χ1n) is 16.4. The first-order chi connectivity index (χ1) is 23.8. The molecule has 3 atom stereocenters. The van der Waals surface area contributed by atoms with E-state index in [0.717, 1.165) is 17.0 Å². The normalized spacial score (nSPS) is 15.6. The van der Waals surface area contributed by atoms with Gasteiger partial charge in [-0.25, -0.2) is 14.9 Å². The Morgan fingerprint density at radius 2 is 1.84 bits per heavy atom. The van der Waals surface area contributed by atoms with Crippen molar-refractivity contribution in [3.8, 4) is 17.2 Å². The van der Waals surface area contributed by atoms with Gasteiger partial charge in [-0.15, -0.1) is 0 Å². The SMILES string of the molecule is CN[C@@H](C)C(=O)N[C@H](C(=O)N(C(=O)[C@@H]1CCCN1)c1cc2c(Nc3ccc(Oc4ccc(C)nc4)c(Cl)c3)ncnc2cc1OC)C(C)(C)C. The van der Waals surface area contributed by atoms with Crippen LogP contribution in [0.5, 0.6) is 17.2 Å². The Morgan fingerprint density at radius 3 is 2.46 bits per heavy atom. The predicted octanol–water partition coefficient (Wildman–Crippen LogP) is 5.28. The number of amides is 3. The van der Waals surface area contributed by atoms with Gasteiger partial charge in [-0.2, -0.15) is 0 Å². The molecule has 0 spiro atoms. The Morgan fingerprint density at radius 1 is 1.06 bits per heavy atom. The Balaban J connectivity index is 1.56. The van der Waals surface area contributed by atoms with Crippen LogP contribution >= 0.6 is 11.6 Å². The fourth-order valence-electron chi connectivity index (χ4n) is 5.52. The van der Waals surface area contributed by atoms with Crippen molar-refractivity contribution in [1.82, 2.24) is 30.9 Å². The van der Waals surface area contributed by atoms with Crippen molar-refractivity contribution >= 4 is 57.4 Å². The van der Waals surface area contributed by atoms with Crippen LogP contribution in [0, 0.1) is 12.3 Å². The van der Waals surface area contributed by atoms with Crippen LogP contribution in [0.1, 0.15) is 46.2 Å². The first-order valence-corrected chi connectivity index (χ1v) is 16.8. The van der Waals surface area contributed by atoms with Crippen LogP contribution in [-0.2, 0) is 14.4 Å². The van der Waals surface area contributed by atoms with Gasteiger partial charge in [0.25, 0.3) is 11.8 Å². The molecule has 4 N–H and O–H groups in total. The van der Waals surface area contributed by atoms with Gasteiger partial charge in [0.05, 0.1) is 41.6 Å². The lowest BCUT2D eigenvalue weighted by molar-refractivity contribution is -0.134. The lowest BCUT2D eigenvalue weighted by Crippen LogP contribution is -2.60. The maximum absolute atomic E-state index is 14.6. The van der Waals surface area contributed by atoms with Gasteiger partial charge in [0, 0.05) is 22.8 Å². The number of nitrogens with zero attached hydrogens (tertiary/aromatic N) is 4. The van der Waals surface area contributed by atoms with E-state index in [1.807, 2.05) is 39.8 Å². The monoisotopic (exact) mass is 702 g/mol. The van der Waals surface area contributed by atoms with E-state index >= 15 is 0 Å². The maximum Gasteiger partial charge on any atom is 0.257 e. The molecule has 13 nitrogen and oxygen atoms in total. The van der Waals surface area contributed by atoms with Gasteiger partial charge in [0.15, 0.2) is 0 Å². The van der Waals surface area contributed by atoms with Crippen LogP contribution in [0.25, 0.3) is 10.9 Å². The number of fused-ring (bicyclic) bond motifs is 1. The number of hydrogen-bond donors (Lipinski definition) is 4. The zero-order chi connectivity index (χ0) is 36.2. The first kappa shape index (κ1) is 36.4. The van der Waals surface area contributed by atoms with Gasteiger partial charge in [0.2, 0.25) is 5.91 Å². The summed E-state index contributed by atoms with van der Waals surface area (Å²) in [6, 6.07) is 9.96. The summed E-state index contributed by atoms with van der Waals surface area (Å²) in [5.41, 5.74) is 1.42. The van der Waals surface area contributed by atoms with Crippen LogP contribution in [0.15, 0.2) is 55.0 Å². The second kappa shape index (κ2) is 15.4. The number of halogens is 1. The molecule has 14 heteroatoms. The standard InChI is InChI=1S/C36H43ClN8O5/c1-20-10-12-23(18-40-20)50-29-13-11-22(15-25(29)37)43-32-24-16-28(30(49-7)17-27(24)41-19-42-32)45(34(47)26-9-8-14-39-26)35(48)31(36(3,4)5)44-33(46)21(2)38-6/h10-13,15-19,21,26,31,38-39H,8-9,14H2,1-7H3,(H,44,46)(H,41,42,43)/t21-,26-,31+/m0/s1. The van der Waals surface area contributed by atoms with Gasteiger partial charge < -0.3 is 30.7 Å². The number of aromatic nitrogens is 3. The van der Waals surface area contributed by atoms with Crippen LogP contribution in [0.4, 0.5) is 17.2 Å². The van der Waals surface area contributed by atoms with Crippen molar-refractivity contribution < 1.29 is 23.9 Å². The summed E-state index contributed by atoms with van der Waals surface area (Å²) in [6.45, 7) is 9.74. The molecule has 0 radical (unpaired) electrons. The fraction of sp³-hybridized carbons (Fsp3) is 0.389. The number of carbonyl (C=O) groups excluding carboxylic acids is 3. The van der Waals surface area contributed by atoms with Gasteiger partial charge in [-0.3, -0.25) is 19.4 Å². The summed E-state index contributed by atoms with van der Waals surface area (Å²) in [5.74, 6) is 0.222. The summed E-state index contributed by atoms with van der Waals surface area (Å²) in [4.78, 5) is 56.3. The molecule has 0 aliphatic carbocycles. The summed E-state index contributed by atoms with van der Waals surface area (Å²) < 4.78 is 11.7. The third kappa shape index (κ3) is 8.12. The minimum Gasteiger partial charge on any atom is -0.494 e. The van der Waals surface area contributed by atoms with Crippen molar-refractivity contribution in [1.29, 1.82) is 0 Å². The smallest absolute Gasteiger partial charge is 0.257 e. The quantitative estimate of drug-likeness (QED) is 0.161. The summed E-state index contributed by atoms with van der Waals surface area (Å²) in [7, 11) is 3.12. The average Bonchev–Trinajstić information content (AvgIpc) is 3.63. The van der Waals surface area contributed by atoms with Crippen molar-refractivity contribution in [2.75, 3.05) is 30.9 Å². The van der Waals surface area contributed by atoms with E-state index in [4.69, 9.17) is 21.1 Å². The highest BCUT2D eigenvalue weighted by Crippen LogP contribution is 2.38. The highest BCUT2D eigenvalue weighted by Gasteiger charge is 2.42. The molecule has 1 saturated heterocycles. The van der Waals surface area contributed by atoms with Crippen molar-refractivity contribution in [2.24, 2.45) is 5.41 Å². The van der Waals surface area contributed by atoms with E-state index < -0.39 is 35.4 Å². The Bertz CT molecular complexity index is 1880. The lowest BCUT2D eigenvalue weighted by atomic mass is 9.85. The lowest BCUT2D eigenvalue weighted by Gasteiger charge is -2.36. The van der Waals surface area contributed by atoms with E-state index in [1.54, 1.807) is 50.5 Å². The van der Waals surface area contributed by atoms with E-state index in [1.165, 1.54) is 13.4 Å². The second-order valence-corrected chi connectivity index (χ2v) is 13.7. The molecule has 2 aromatic carbocycles. The highest BCUT2D eigenvalue weighted by atomic mass is 35.5. The molecule has 0 bridgehead atoms. The number of anilines is 3. The van der Waals surface area contributed by atoms with Gasteiger partial charge in [-0.1, -0.05) is 32.4 Å². The Hall–Kier alpha value is -4.85. The average molecular weight is 703 g/mol. The number of rotatable bonds is 11. The molecule has 4 aromatic rings. The second-order valence-electron chi connectivity index (χ2n) is 13.2. The Kier molecular flexibility index (Phi) is 11.2. The molecule has 264 valence electrons. The van der Waals surface area contributed by atoms with Crippen LogP contribution in [-0.4, -0.2) is 71.5 Å². The molecule has 0 saturated carbocycles. The van der Waals surface area contributed by atoms with Gasteiger partial charge in [0.1, 0.15) is 35.4 Å². The molecule has 50 heavy (non-hydrogen) atoms. The molecule has 1 aliphatic heterocycles. The fourth-order valence-corrected chi connectivity index (χ4v) is 5.74. The molecule has 1 aliphatic rings. The number of pyridine rings is 1. The maximum atomic E-state index is 14.6. The van der Waals surface area contributed by atoms with E-state index in [9.17, 15) is 14.4 Å². The Labute approximate surface area is 296 Å². The minimum absolute atomic E-state index is 0.195. The van der Waals surface area contributed by atoms with Crippen LogP contribution < -0.4 is 35.6 Å². The molecule has 5 rings (SSSR count). The number of nitrogens with one attached hydrogen (secondary N) is 4. The number of methoxy groups -OCH3 is 1. The highest BCUT2D eigenvalue weighted by molar-refractivity contribution is 6.32. The third-order valence-corrected chi connectivity index (χ3v) is 8.80. The number of hydrogen-bond acceptors (Lipinski definition) is 11. The number of ether oxygens (including phenoxy) is 2. The van der Waals surface area contributed by atoms with Crippen molar-refractivity contribution in [2.45, 2.75) is 65.6 Å². The zero-order valence-corrected chi connectivity index (χ0v) is 30.0. The van der Waals surface area contributed by atoms with E-state index in [2.05, 4.69) is 36.2 Å².